The van der Waals surface area contributed by atoms with Crippen molar-refractivity contribution >= 4 is 0 Å². The molecule has 1 aromatic rings. The van der Waals surface area contributed by atoms with E-state index in [2.05, 4.69) is 29.0 Å². The van der Waals surface area contributed by atoms with Crippen molar-refractivity contribution in [3.63, 3.8) is 0 Å². The fraction of sp³-hybridized carbons (Fsp3) is 0.778. The van der Waals surface area contributed by atoms with Gasteiger partial charge in [0.2, 0.25) is 0 Å². The van der Waals surface area contributed by atoms with E-state index < -0.39 is 0 Å². The third-order valence-corrected chi connectivity index (χ3v) is 2.48. The molecule has 1 aliphatic carbocycles. The van der Waals surface area contributed by atoms with Gasteiger partial charge >= 0.3 is 0 Å². The summed E-state index contributed by atoms with van der Waals surface area (Å²) in [7, 11) is 0. The fourth-order valence-electron chi connectivity index (χ4n) is 1.51. The summed E-state index contributed by atoms with van der Waals surface area (Å²) in [5.41, 5.74) is 0. The second-order valence-electron chi connectivity index (χ2n) is 3.71. The lowest BCUT2D eigenvalue weighted by Crippen LogP contribution is -1.86. The summed E-state index contributed by atoms with van der Waals surface area (Å²) in [6.45, 7) is 4.41. The molecule has 1 N–H and O–H groups in total. The van der Waals surface area contributed by atoms with Crippen LogP contribution in [-0.4, -0.2) is 15.2 Å². The van der Waals surface area contributed by atoms with E-state index >= 15 is 0 Å². The number of aromatic nitrogens is 3. The lowest BCUT2D eigenvalue weighted by atomic mass is 10.3. The van der Waals surface area contributed by atoms with Crippen LogP contribution >= 0.6 is 0 Å². The maximum Gasteiger partial charge on any atom is 0.154 e. The minimum Gasteiger partial charge on any atom is -0.263 e. The molecule has 0 saturated heterocycles. The van der Waals surface area contributed by atoms with Crippen molar-refractivity contribution in [2.24, 2.45) is 5.92 Å². The Hall–Kier alpha value is -0.860. The molecule has 2 unspecified atom stereocenters. The number of rotatable bonds is 3. The van der Waals surface area contributed by atoms with Crippen molar-refractivity contribution in [3.05, 3.63) is 11.6 Å². The molecule has 1 aliphatic rings. The third kappa shape index (κ3) is 1.36. The monoisotopic (exact) mass is 165 g/mol. The van der Waals surface area contributed by atoms with Gasteiger partial charge in [-0.1, -0.05) is 13.8 Å². The molecule has 66 valence electrons. The van der Waals surface area contributed by atoms with Crippen molar-refractivity contribution in [3.8, 4) is 0 Å². The molecule has 1 aromatic heterocycles. The first-order valence-electron chi connectivity index (χ1n) is 4.72. The molecule has 0 aromatic carbocycles. The molecular weight excluding hydrogens is 150 g/mol. The highest BCUT2D eigenvalue weighted by molar-refractivity contribution is 5.08. The number of nitrogens with zero attached hydrogens (tertiary/aromatic N) is 2. The van der Waals surface area contributed by atoms with Crippen LogP contribution in [0.2, 0.25) is 0 Å². The maximum absolute atomic E-state index is 4.45. The molecule has 3 heteroatoms. The highest BCUT2D eigenvalue weighted by Crippen LogP contribution is 2.45. The average Bonchev–Trinajstić information content (AvgIpc) is 2.62. The minimum atomic E-state index is 0.645. The summed E-state index contributed by atoms with van der Waals surface area (Å²) < 4.78 is 0. The highest BCUT2D eigenvalue weighted by atomic mass is 15.2. The number of aryl methyl sites for hydroxylation is 1. The Kier molecular flexibility index (Phi) is 1.87. The van der Waals surface area contributed by atoms with Crippen LogP contribution in [0.25, 0.3) is 0 Å². The lowest BCUT2D eigenvalue weighted by Gasteiger charge is -1.87. The third-order valence-electron chi connectivity index (χ3n) is 2.48. The number of H-pyrrole nitrogens is 1. The minimum absolute atomic E-state index is 0.645. The maximum atomic E-state index is 4.45. The zero-order valence-electron chi connectivity index (χ0n) is 7.67. The van der Waals surface area contributed by atoms with Gasteiger partial charge in [0.1, 0.15) is 5.82 Å². The van der Waals surface area contributed by atoms with Crippen molar-refractivity contribution in [2.45, 2.75) is 39.0 Å². The summed E-state index contributed by atoms with van der Waals surface area (Å²) in [6, 6.07) is 0. The topological polar surface area (TPSA) is 41.6 Å². The van der Waals surface area contributed by atoms with E-state index in [0.717, 1.165) is 30.4 Å². The molecule has 1 heterocycles. The quantitative estimate of drug-likeness (QED) is 0.743. The molecule has 2 rings (SSSR count). The molecule has 1 fully saturated rings. The first-order chi connectivity index (χ1) is 5.81. The largest absolute Gasteiger partial charge is 0.263 e. The van der Waals surface area contributed by atoms with E-state index in [1.165, 1.54) is 6.42 Å². The predicted octanol–water partition coefficient (Wildman–Crippen LogP) is 1.88. The van der Waals surface area contributed by atoms with E-state index in [1.54, 1.807) is 0 Å². The molecular formula is C9H15N3. The van der Waals surface area contributed by atoms with Crippen LogP contribution in [0.5, 0.6) is 0 Å². The zero-order valence-corrected chi connectivity index (χ0v) is 7.67. The zero-order chi connectivity index (χ0) is 8.55. The summed E-state index contributed by atoms with van der Waals surface area (Å²) in [5, 5.41) is 7.20. The van der Waals surface area contributed by atoms with E-state index in [-0.39, 0.29) is 0 Å². The van der Waals surface area contributed by atoms with Crippen LogP contribution in [0, 0.1) is 5.92 Å². The first-order valence-corrected chi connectivity index (χ1v) is 4.72. The van der Waals surface area contributed by atoms with Crippen molar-refractivity contribution in [1.82, 2.24) is 15.2 Å². The van der Waals surface area contributed by atoms with Gasteiger partial charge in [0.15, 0.2) is 5.82 Å². The fourth-order valence-corrected chi connectivity index (χ4v) is 1.51. The Balaban J connectivity index is 2.04. The van der Waals surface area contributed by atoms with Gasteiger partial charge in [-0.2, -0.15) is 5.10 Å². The molecule has 0 aliphatic heterocycles. The normalized spacial score (nSPS) is 27.5. The summed E-state index contributed by atoms with van der Waals surface area (Å²) in [6.07, 6.45) is 3.42. The Morgan fingerprint density at radius 2 is 2.33 bits per heavy atom. The van der Waals surface area contributed by atoms with E-state index in [9.17, 15) is 0 Å². The Labute approximate surface area is 72.6 Å². The molecule has 2 atom stereocenters. The van der Waals surface area contributed by atoms with E-state index in [1.807, 2.05) is 0 Å². The summed E-state index contributed by atoms with van der Waals surface area (Å²) in [5.74, 6) is 3.53. The molecule has 0 amide bonds. The standard InChI is InChI=1S/C9H15N3/c1-3-4-8-10-9(12-11-8)7-5-6(7)2/h6-7H,3-5H2,1-2H3,(H,10,11,12). The van der Waals surface area contributed by atoms with Gasteiger partial charge in [0.25, 0.3) is 0 Å². The molecule has 12 heavy (non-hydrogen) atoms. The number of hydrogen-bond acceptors (Lipinski definition) is 2. The van der Waals surface area contributed by atoms with Gasteiger partial charge in [-0.15, -0.1) is 0 Å². The lowest BCUT2D eigenvalue weighted by molar-refractivity contribution is 0.839. The van der Waals surface area contributed by atoms with Gasteiger partial charge in [-0.3, -0.25) is 5.10 Å². The van der Waals surface area contributed by atoms with Crippen molar-refractivity contribution < 1.29 is 0 Å². The summed E-state index contributed by atoms with van der Waals surface area (Å²) >= 11 is 0. The molecule has 1 saturated carbocycles. The van der Waals surface area contributed by atoms with Gasteiger partial charge in [-0.25, -0.2) is 4.98 Å². The second-order valence-corrected chi connectivity index (χ2v) is 3.71. The van der Waals surface area contributed by atoms with Crippen LogP contribution in [-0.2, 0) is 6.42 Å². The Bertz CT molecular complexity index is 266. The summed E-state index contributed by atoms with van der Waals surface area (Å²) in [4.78, 5) is 4.45. The van der Waals surface area contributed by atoms with E-state index in [4.69, 9.17) is 0 Å². The van der Waals surface area contributed by atoms with Gasteiger partial charge in [0.05, 0.1) is 0 Å². The smallest absolute Gasteiger partial charge is 0.154 e. The van der Waals surface area contributed by atoms with Crippen molar-refractivity contribution in [2.75, 3.05) is 0 Å². The average molecular weight is 165 g/mol. The van der Waals surface area contributed by atoms with E-state index in [0.29, 0.717) is 5.92 Å². The van der Waals surface area contributed by atoms with Gasteiger partial charge in [-0.05, 0) is 18.8 Å². The molecule has 3 nitrogen and oxygen atoms in total. The predicted molar refractivity (Wildman–Crippen MR) is 46.9 cm³/mol. The number of hydrogen-bond donors (Lipinski definition) is 1. The molecule has 0 radical (unpaired) electrons. The second kappa shape index (κ2) is 2.88. The highest BCUT2D eigenvalue weighted by Gasteiger charge is 2.37. The SMILES string of the molecule is CCCc1nc(C2CC2C)n[nH]1. The van der Waals surface area contributed by atoms with Gasteiger partial charge in [0, 0.05) is 12.3 Å². The first kappa shape index (κ1) is 7.77. The Morgan fingerprint density at radius 3 is 2.92 bits per heavy atom. The van der Waals surface area contributed by atoms with Gasteiger partial charge < -0.3 is 0 Å². The Morgan fingerprint density at radius 1 is 1.58 bits per heavy atom. The number of aromatic amines is 1. The van der Waals surface area contributed by atoms with Crippen LogP contribution in [0.3, 0.4) is 0 Å². The van der Waals surface area contributed by atoms with Crippen LogP contribution in [0.15, 0.2) is 0 Å². The van der Waals surface area contributed by atoms with Crippen LogP contribution in [0.4, 0.5) is 0 Å². The van der Waals surface area contributed by atoms with Crippen LogP contribution < -0.4 is 0 Å². The van der Waals surface area contributed by atoms with Crippen molar-refractivity contribution in [1.29, 1.82) is 0 Å². The molecule has 0 spiro atoms. The molecule has 0 bridgehead atoms. The number of nitrogens with one attached hydrogen (secondary N) is 1. The van der Waals surface area contributed by atoms with Crippen LogP contribution in [0.1, 0.15) is 44.3 Å².